The zero-order valence-electron chi connectivity index (χ0n) is 18.9. The minimum Gasteiger partial charge on any atom is -0.371 e. The van der Waals surface area contributed by atoms with E-state index in [0.717, 1.165) is 42.9 Å². The summed E-state index contributed by atoms with van der Waals surface area (Å²) in [5.41, 5.74) is 2.81. The van der Waals surface area contributed by atoms with Gasteiger partial charge in [0.1, 0.15) is 15.7 Å². The number of sulfone groups is 1. The number of fused-ring (bicyclic) bond motifs is 1. The molecule has 172 valence electrons. The van der Waals surface area contributed by atoms with Crippen LogP contribution >= 0.6 is 0 Å². The number of anilines is 4. The van der Waals surface area contributed by atoms with Crippen LogP contribution < -0.4 is 15.1 Å². The third kappa shape index (κ3) is 4.57. The number of hydrogen-bond acceptors (Lipinski definition) is 7. The zero-order valence-corrected chi connectivity index (χ0v) is 19.7. The number of benzene rings is 1. The largest absolute Gasteiger partial charge is 0.371 e. The van der Waals surface area contributed by atoms with Gasteiger partial charge < -0.3 is 10.2 Å². The van der Waals surface area contributed by atoms with Crippen molar-refractivity contribution in [1.29, 1.82) is 0 Å². The number of hydrogen-bond donors (Lipinski definition) is 1. The molecule has 0 spiro atoms. The zero-order chi connectivity index (χ0) is 22.9. The van der Waals surface area contributed by atoms with Gasteiger partial charge in [-0.2, -0.15) is 4.98 Å². The molecule has 2 aromatic rings. The van der Waals surface area contributed by atoms with E-state index in [1.165, 1.54) is 6.26 Å². The van der Waals surface area contributed by atoms with E-state index < -0.39 is 9.84 Å². The van der Waals surface area contributed by atoms with Crippen LogP contribution in [-0.4, -0.2) is 54.9 Å². The van der Waals surface area contributed by atoms with Crippen LogP contribution in [-0.2, 0) is 21.1 Å². The summed E-state index contributed by atoms with van der Waals surface area (Å²) >= 11 is 0. The van der Waals surface area contributed by atoms with Crippen molar-refractivity contribution in [3.05, 3.63) is 36.0 Å². The predicted octanol–water partition coefficient (Wildman–Crippen LogP) is 3.31. The predicted molar refractivity (Wildman–Crippen MR) is 127 cm³/mol. The van der Waals surface area contributed by atoms with Gasteiger partial charge in [0.25, 0.3) is 0 Å². The molecule has 1 saturated heterocycles. The number of nitrogens with zero attached hydrogens (tertiary/aromatic N) is 4. The maximum atomic E-state index is 12.5. The Morgan fingerprint density at radius 3 is 2.38 bits per heavy atom. The highest BCUT2D eigenvalue weighted by molar-refractivity contribution is 7.91. The number of aromatic nitrogens is 2. The molecule has 9 heteroatoms. The molecular formula is C23H31N5O3S. The standard InChI is InChI=1S/C23H31N5O3S/c1-4-18(5-2)28-21(29)14-16-15-24-23(26-22(16)28)25-17-6-8-19(9-7-17)27-12-10-20(11-13-27)32(3,30)31/h6-9,15,18,20H,4-5,10-14H2,1-3H3,(H,24,25,26). The molecule has 1 fully saturated rings. The Hall–Kier alpha value is -2.68. The highest BCUT2D eigenvalue weighted by Crippen LogP contribution is 2.31. The molecule has 1 aromatic heterocycles. The van der Waals surface area contributed by atoms with Crippen LogP contribution in [0.25, 0.3) is 0 Å². The van der Waals surface area contributed by atoms with Crippen molar-refractivity contribution in [2.45, 2.75) is 57.2 Å². The topological polar surface area (TPSA) is 95.5 Å². The SMILES string of the molecule is CCC(CC)N1C(=O)Cc2cnc(Nc3ccc(N4CCC(S(C)(=O)=O)CC4)cc3)nc21. The van der Waals surface area contributed by atoms with Crippen LogP contribution in [0.4, 0.5) is 23.1 Å². The summed E-state index contributed by atoms with van der Waals surface area (Å²) in [7, 11) is -2.97. The van der Waals surface area contributed by atoms with Gasteiger partial charge in [0, 0.05) is 48.5 Å². The third-order valence-corrected chi connectivity index (χ3v) is 8.21. The van der Waals surface area contributed by atoms with E-state index in [9.17, 15) is 13.2 Å². The normalized spacial score (nSPS) is 17.2. The molecule has 4 rings (SSSR count). The van der Waals surface area contributed by atoms with Gasteiger partial charge in [-0.15, -0.1) is 0 Å². The maximum Gasteiger partial charge on any atom is 0.233 e. The van der Waals surface area contributed by atoms with E-state index in [1.807, 2.05) is 29.2 Å². The van der Waals surface area contributed by atoms with Crippen molar-refractivity contribution < 1.29 is 13.2 Å². The molecule has 2 aliphatic rings. The molecule has 0 atom stereocenters. The molecule has 0 aliphatic carbocycles. The highest BCUT2D eigenvalue weighted by Gasteiger charge is 2.33. The van der Waals surface area contributed by atoms with Crippen molar-refractivity contribution in [2.75, 3.05) is 34.5 Å². The molecule has 0 bridgehead atoms. The number of amides is 1. The minimum atomic E-state index is -2.97. The summed E-state index contributed by atoms with van der Waals surface area (Å²) < 4.78 is 23.5. The number of piperidine rings is 1. The molecule has 1 amide bonds. The van der Waals surface area contributed by atoms with Crippen LogP contribution in [0.15, 0.2) is 30.5 Å². The van der Waals surface area contributed by atoms with Gasteiger partial charge in [0.15, 0.2) is 0 Å². The van der Waals surface area contributed by atoms with Crippen LogP contribution in [0.3, 0.4) is 0 Å². The lowest BCUT2D eigenvalue weighted by Gasteiger charge is -2.32. The van der Waals surface area contributed by atoms with Gasteiger partial charge in [-0.3, -0.25) is 9.69 Å². The molecule has 1 aromatic carbocycles. The Balaban J connectivity index is 1.44. The smallest absolute Gasteiger partial charge is 0.233 e. The van der Waals surface area contributed by atoms with Gasteiger partial charge in [-0.05, 0) is 49.9 Å². The second-order valence-electron chi connectivity index (χ2n) is 8.64. The van der Waals surface area contributed by atoms with Gasteiger partial charge in [-0.25, -0.2) is 13.4 Å². The van der Waals surface area contributed by atoms with E-state index in [-0.39, 0.29) is 17.2 Å². The molecule has 2 aliphatic heterocycles. The molecule has 8 nitrogen and oxygen atoms in total. The number of carbonyl (C=O) groups is 1. The Labute approximate surface area is 190 Å². The molecular weight excluding hydrogens is 426 g/mol. The van der Waals surface area contributed by atoms with Gasteiger partial charge in [0.2, 0.25) is 11.9 Å². The Morgan fingerprint density at radius 1 is 1.12 bits per heavy atom. The molecule has 32 heavy (non-hydrogen) atoms. The first-order chi connectivity index (χ1) is 15.3. The van der Waals surface area contributed by atoms with Crippen LogP contribution in [0.5, 0.6) is 0 Å². The number of carbonyl (C=O) groups excluding carboxylic acids is 1. The van der Waals surface area contributed by atoms with Crippen LogP contribution in [0.1, 0.15) is 45.1 Å². The van der Waals surface area contributed by atoms with Crippen molar-refractivity contribution in [3.63, 3.8) is 0 Å². The van der Waals surface area contributed by atoms with E-state index >= 15 is 0 Å². The lowest BCUT2D eigenvalue weighted by Crippen LogP contribution is -2.38. The fourth-order valence-electron chi connectivity index (χ4n) is 4.61. The average Bonchev–Trinajstić information content (AvgIpc) is 3.10. The Morgan fingerprint density at radius 2 is 1.78 bits per heavy atom. The number of nitrogens with one attached hydrogen (secondary N) is 1. The summed E-state index contributed by atoms with van der Waals surface area (Å²) in [4.78, 5) is 25.6. The van der Waals surface area contributed by atoms with E-state index in [4.69, 9.17) is 0 Å². The van der Waals surface area contributed by atoms with E-state index in [0.29, 0.717) is 31.0 Å². The van der Waals surface area contributed by atoms with Crippen molar-refractivity contribution >= 4 is 38.9 Å². The highest BCUT2D eigenvalue weighted by atomic mass is 32.2. The maximum absolute atomic E-state index is 12.5. The van der Waals surface area contributed by atoms with Gasteiger partial charge in [0.05, 0.1) is 11.7 Å². The Bertz CT molecular complexity index is 1080. The second-order valence-corrected chi connectivity index (χ2v) is 11.0. The lowest BCUT2D eigenvalue weighted by atomic mass is 10.1. The monoisotopic (exact) mass is 457 g/mol. The first-order valence-electron chi connectivity index (χ1n) is 11.3. The van der Waals surface area contributed by atoms with Crippen LogP contribution in [0, 0.1) is 0 Å². The second kappa shape index (κ2) is 9.05. The van der Waals surface area contributed by atoms with Crippen LogP contribution in [0.2, 0.25) is 0 Å². The van der Waals surface area contributed by atoms with E-state index in [2.05, 4.69) is 34.0 Å². The first kappa shape index (κ1) is 22.5. The molecule has 0 radical (unpaired) electrons. The summed E-state index contributed by atoms with van der Waals surface area (Å²) in [6.45, 7) is 5.65. The average molecular weight is 458 g/mol. The fourth-order valence-corrected chi connectivity index (χ4v) is 5.68. The fraction of sp³-hybridized carbons (Fsp3) is 0.522. The van der Waals surface area contributed by atoms with Gasteiger partial charge in [-0.1, -0.05) is 13.8 Å². The van der Waals surface area contributed by atoms with Crippen molar-refractivity contribution in [1.82, 2.24) is 9.97 Å². The summed E-state index contributed by atoms with van der Waals surface area (Å²) in [6, 6.07) is 8.14. The summed E-state index contributed by atoms with van der Waals surface area (Å²) in [5, 5.41) is 3.01. The molecule has 1 N–H and O–H groups in total. The lowest BCUT2D eigenvalue weighted by molar-refractivity contribution is -0.117. The quantitative estimate of drug-likeness (QED) is 0.681. The summed E-state index contributed by atoms with van der Waals surface area (Å²) in [6.07, 6.45) is 6.52. The molecule has 0 saturated carbocycles. The molecule has 3 heterocycles. The van der Waals surface area contributed by atoms with Gasteiger partial charge >= 0.3 is 0 Å². The van der Waals surface area contributed by atoms with Crippen molar-refractivity contribution in [2.24, 2.45) is 0 Å². The third-order valence-electron chi connectivity index (χ3n) is 6.52. The van der Waals surface area contributed by atoms with E-state index in [1.54, 1.807) is 6.20 Å². The minimum absolute atomic E-state index is 0.0872. The number of rotatable bonds is 7. The first-order valence-corrected chi connectivity index (χ1v) is 13.2. The summed E-state index contributed by atoms with van der Waals surface area (Å²) in [5.74, 6) is 1.27. The molecule has 0 unspecified atom stereocenters. The Kier molecular flexibility index (Phi) is 6.37. The van der Waals surface area contributed by atoms with Crippen molar-refractivity contribution in [3.8, 4) is 0 Å².